The molecule has 1 rings (SSSR count). The quantitative estimate of drug-likeness (QED) is 0.620. The van der Waals surface area contributed by atoms with Crippen LogP contribution in [-0.2, 0) is 0 Å². The molecule has 84 valence electrons. The van der Waals surface area contributed by atoms with Gasteiger partial charge < -0.3 is 0 Å². The van der Waals surface area contributed by atoms with Crippen molar-refractivity contribution in [3.05, 3.63) is 0 Å². The highest BCUT2D eigenvalue weighted by atomic mass is 79.9. The lowest BCUT2D eigenvalue weighted by atomic mass is 9.85. The van der Waals surface area contributed by atoms with Crippen LogP contribution in [0.1, 0.15) is 25.7 Å². The second-order valence-corrected chi connectivity index (χ2v) is 6.25. The summed E-state index contributed by atoms with van der Waals surface area (Å²) in [5, 5.41) is -3.01. The molecule has 1 fully saturated rings. The largest absolute Gasteiger partial charge is 0.348 e. The van der Waals surface area contributed by atoms with Gasteiger partial charge >= 0.3 is 4.83 Å². The molecule has 0 aromatic rings. The monoisotopic (exact) mass is 356 g/mol. The molecule has 0 aliphatic heterocycles. The van der Waals surface area contributed by atoms with Gasteiger partial charge in [0.1, 0.15) is 0 Å². The van der Waals surface area contributed by atoms with E-state index in [4.69, 9.17) is 11.6 Å². The van der Waals surface area contributed by atoms with E-state index in [-0.39, 0.29) is 4.83 Å². The summed E-state index contributed by atoms with van der Waals surface area (Å²) in [6.45, 7) is 0. The molecule has 3 atom stereocenters. The molecule has 1 aliphatic rings. The molecule has 0 saturated heterocycles. The van der Waals surface area contributed by atoms with Gasteiger partial charge in [-0.25, -0.2) is 4.39 Å². The maximum absolute atomic E-state index is 13.7. The zero-order valence-electron chi connectivity index (χ0n) is 7.25. The average Bonchev–Trinajstić information content (AvgIpc) is 2.02. The Labute approximate surface area is 103 Å². The van der Waals surface area contributed by atoms with Crippen molar-refractivity contribution in [1.82, 2.24) is 0 Å². The van der Waals surface area contributed by atoms with Gasteiger partial charge in [0.05, 0.1) is 0 Å². The fraction of sp³-hybridized carbons (Fsp3) is 1.00. The van der Waals surface area contributed by atoms with Gasteiger partial charge in [-0.1, -0.05) is 40.4 Å². The van der Waals surface area contributed by atoms with E-state index < -0.39 is 15.9 Å². The van der Waals surface area contributed by atoms with E-state index in [0.29, 0.717) is 12.8 Å². The number of rotatable bonds is 2. The van der Waals surface area contributed by atoms with Gasteiger partial charge in [0.15, 0.2) is 0 Å². The lowest BCUT2D eigenvalue weighted by Gasteiger charge is -2.37. The van der Waals surface area contributed by atoms with Crippen LogP contribution in [0.2, 0.25) is 0 Å². The van der Waals surface area contributed by atoms with E-state index in [1.807, 2.05) is 15.9 Å². The van der Waals surface area contributed by atoms with Crippen molar-refractivity contribution in [2.24, 2.45) is 5.92 Å². The SMILES string of the molecule is FC(F)(Br)[C@@](F)(Cl)[C@@H]1CCCC[C@@H]1Br. The Bertz CT molecular complexity index is 205. The van der Waals surface area contributed by atoms with Crippen LogP contribution in [0, 0.1) is 5.92 Å². The number of hydrogen-bond acceptors (Lipinski definition) is 0. The van der Waals surface area contributed by atoms with Gasteiger partial charge in [-0.2, -0.15) is 8.78 Å². The van der Waals surface area contributed by atoms with Gasteiger partial charge in [-0.05, 0) is 28.8 Å². The topological polar surface area (TPSA) is 0 Å². The molecule has 0 bridgehead atoms. The van der Waals surface area contributed by atoms with Gasteiger partial charge in [0.2, 0.25) is 0 Å². The van der Waals surface area contributed by atoms with E-state index >= 15 is 0 Å². The van der Waals surface area contributed by atoms with E-state index in [1.54, 1.807) is 0 Å². The molecule has 0 heterocycles. The lowest BCUT2D eigenvalue weighted by molar-refractivity contribution is -0.0447. The first-order valence-corrected chi connectivity index (χ1v) is 6.44. The predicted octanol–water partition coefficient (Wildman–Crippen LogP) is 4.83. The summed E-state index contributed by atoms with van der Waals surface area (Å²) in [6, 6.07) is 0. The maximum atomic E-state index is 13.7. The third kappa shape index (κ3) is 2.59. The van der Waals surface area contributed by atoms with Crippen LogP contribution in [0.4, 0.5) is 13.2 Å². The van der Waals surface area contributed by atoms with Crippen LogP contribution in [0.25, 0.3) is 0 Å². The highest BCUT2D eigenvalue weighted by molar-refractivity contribution is 9.10. The van der Waals surface area contributed by atoms with Crippen molar-refractivity contribution in [3.63, 3.8) is 0 Å². The number of hydrogen-bond donors (Lipinski definition) is 0. The minimum absolute atomic E-state index is 0.276. The maximum Gasteiger partial charge on any atom is 0.348 e. The Morgan fingerprint density at radius 3 is 2.07 bits per heavy atom. The highest BCUT2D eigenvalue weighted by Crippen LogP contribution is 2.52. The Balaban J connectivity index is 2.79. The minimum Gasteiger partial charge on any atom is -0.218 e. The summed E-state index contributed by atoms with van der Waals surface area (Å²) in [5.41, 5.74) is 0. The molecule has 6 heteroatoms. The van der Waals surface area contributed by atoms with E-state index in [0.717, 1.165) is 12.8 Å². The van der Waals surface area contributed by atoms with Crippen molar-refractivity contribution < 1.29 is 13.2 Å². The summed E-state index contributed by atoms with van der Waals surface area (Å²) in [4.78, 5) is -3.96. The third-order valence-corrected chi connectivity index (χ3v) is 4.94. The first-order valence-electron chi connectivity index (χ1n) is 4.35. The summed E-state index contributed by atoms with van der Waals surface area (Å²) < 4.78 is 39.4. The van der Waals surface area contributed by atoms with Crippen LogP contribution in [0.15, 0.2) is 0 Å². The Kier molecular flexibility index (Phi) is 4.21. The molecule has 0 unspecified atom stereocenters. The smallest absolute Gasteiger partial charge is 0.218 e. The predicted molar refractivity (Wildman–Crippen MR) is 58.2 cm³/mol. The highest BCUT2D eigenvalue weighted by Gasteiger charge is 2.58. The van der Waals surface area contributed by atoms with E-state index in [1.165, 1.54) is 0 Å². The van der Waals surface area contributed by atoms with Gasteiger partial charge in [0, 0.05) is 10.7 Å². The first-order chi connectivity index (χ1) is 6.27. The molecule has 0 aromatic carbocycles. The van der Waals surface area contributed by atoms with Crippen LogP contribution < -0.4 is 0 Å². The fourth-order valence-electron chi connectivity index (χ4n) is 1.70. The summed E-state index contributed by atoms with van der Waals surface area (Å²) in [5.74, 6) is -0.854. The second kappa shape index (κ2) is 4.50. The Hall–Kier alpha value is 1.04. The molecule has 0 aromatic heterocycles. The van der Waals surface area contributed by atoms with Crippen LogP contribution in [-0.4, -0.2) is 14.8 Å². The molecule has 14 heavy (non-hydrogen) atoms. The molecule has 0 spiro atoms. The molecule has 0 nitrogen and oxygen atoms in total. The van der Waals surface area contributed by atoms with Crippen LogP contribution in [0.5, 0.6) is 0 Å². The number of alkyl halides is 6. The van der Waals surface area contributed by atoms with Crippen molar-refractivity contribution >= 4 is 43.5 Å². The Morgan fingerprint density at radius 2 is 1.64 bits per heavy atom. The van der Waals surface area contributed by atoms with Crippen molar-refractivity contribution in [3.8, 4) is 0 Å². The Morgan fingerprint density at radius 1 is 1.14 bits per heavy atom. The van der Waals surface area contributed by atoms with Crippen molar-refractivity contribution in [2.75, 3.05) is 0 Å². The summed E-state index contributed by atoms with van der Waals surface area (Å²) in [6.07, 6.45) is 2.74. The standard InChI is InChI=1S/C8H10Br2ClF3/c9-6-4-2-1-3-5(6)7(11,12)8(10,13)14/h5-6H,1-4H2/t5-,6+,7-/m1/s1. The third-order valence-electron chi connectivity index (χ3n) is 2.53. The molecule has 1 saturated carbocycles. The van der Waals surface area contributed by atoms with E-state index in [9.17, 15) is 13.2 Å². The molecule has 0 N–H and O–H groups in total. The molecule has 1 aliphatic carbocycles. The van der Waals surface area contributed by atoms with Gasteiger partial charge in [-0.15, -0.1) is 0 Å². The van der Waals surface area contributed by atoms with Gasteiger partial charge in [-0.3, -0.25) is 0 Å². The number of halogens is 6. The normalized spacial score (nSPS) is 33.9. The molecule has 0 radical (unpaired) electrons. The minimum atomic E-state index is -3.68. The molecule has 0 amide bonds. The lowest BCUT2D eigenvalue weighted by Crippen LogP contribution is -2.46. The zero-order chi connectivity index (χ0) is 11.0. The summed E-state index contributed by atoms with van der Waals surface area (Å²) in [7, 11) is 0. The van der Waals surface area contributed by atoms with Crippen molar-refractivity contribution in [1.29, 1.82) is 0 Å². The second-order valence-electron chi connectivity index (χ2n) is 3.53. The molecular formula is C8H10Br2ClF3. The van der Waals surface area contributed by atoms with Gasteiger partial charge in [0.25, 0.3) is 5.13 Å². The molecular weight excluding hydrogens is 348 g/mol. The van der Waals surface area contributed by atoms with Crippen molar-refractivity contribution in [2.45, 2.75) is 40.5 Å². The van der Waals surface area contributed by atoms with E-state index in [2.05, 4.69) is 15.9 Å². The van der Waals surface area contributed by atoms with Crippen LogP contribution >= 0.6 is 43.5 Å². The summed E-state index contributed by atoms with van der Waals surface area (Å²) >= 11 is 10.5. The van der Waals surface area contributed by atoms with Crippen LogP contribution in [0.3, 0.4) is 0 Å². The first kappa shape index (κ1) is 13.1. The fourth-order valence-corrected chi connectivity index (χ4v) is 3.36. The zero-order valence-corrected chi connectivity index (χ0v) is 11.2. The average molecular weight is 358 g/mol.